The van der Waals surface area contributed by atoms with Gasteiger partial charge >= 0.3 is 5.97 Å². The summed E-state index contributed by atoms with van der Waals surface area (Å²) in [5.74, 6) is -1.44. The molecule has 132 valence electrons. The number of rotatable bonds is 6. The molecule has 1 amide bonds. The largest absolute Gasteiger partial charge is 0.481 e. The molecule has 0 atom stereocenters. The number of nitrogen functional groups attached to an aromatic ring is 1. The van der Waals surface area contributed by atoms with Crippen LogP contribution in [0.3, 0.4) is 0 Å². The normalized spacial score (nSPS) is 10.6. The fourth-order valence-corrected chi connectivity index (χ4v) is 2.35. The Balaban J connectivity index is 1.81. The lowest BCUT2D eigenvalue weighted by Crippen LogP contribution is -2.26. The highest BCUT2D eigenvalue weighted by atomic mass is 16.4. The lowest BCUT2D eigenvalue weighted by Gasteiger charge is -2.02. The second-order valence-electron chi connectivity index (χ2n) is 5.56. The number of imidazole rings is 1. The molecule has 0 spiro atoms. The smallest absolute Gasteiger partial charge is 0.305 e. The van der Waals surface area contributed by atoms with E-state index in [-0.39, 0.29) is 24.5 Å². The first-order chi connectivity index (χ1) is 12.4. The van der Waals surface area contributed by atoms with E-state index >= 15 is 0 Å². The van der Waals surface area contributed by atoms with Gasteiger partial charge in [0.1, 0.15) is 23.5 Å². The van der Waals surface area contributed by atoms with Gasteiger partial charge in [0.2, 0.25) is 0 Å². The number of hydrogen-bond acceptors (Lipinski definition) is 5. The van der Waals surface area contributed by atoms with Crippen LogP contribution in [0.15, 0.2) is 42.9 Å². The summed E-state index contributed by atoms with van der Waals surface area (Å²) in [6.07, 6.45) is 3.09. The molecule has 3 rings (SSSR count). The predicted octanol–water partition coefficient (Wildman–Crippen LogP) is 0.885. The van der Waals surface area contributed by atoms with Crippen molar-refractivity contribution >= 4 is 23.4 Å². The zero-order valence-electron chi connectivity index (χ0n) is 13.6. The molecule has 3 aromatic rings. The fraction of sp³-hybridized carbons (Fsp3) is 0.118. The number of amidine groups is 1. The van der Waals surface area contributed by atoms with Gasteiger partial charge in [-0.05, 0) is 0 Å². The number of nitrogens with two attached hydrogens (primary N) is 1. The summed E-state index contributed by atoms with van der Waals surface area (Å²) in [5, 5.41) is 18.5. The second-order valence-corrected chi connectivity index (χ2v) is 5.56. The fourth-order valence-electron chi connectivity index (χ4n) is 2.35. The summed E-state index contributed by atoms with van der Waals surface area (Å²) in [5.41, 5.74) is 8.29. The van der Waals surface area contributed by atoms with Crippen molar-refractivity contribution in [2.75, 3.05) is 6.54 Å². The third-order valence-corrected chi connectivity index (χ3v) is 3.70. The van der Waals surface area contributed by atoms with Crippen molar-refractivity contribution in [1.82, 2.24) is 19.7 Å². The van der Waals surface area contributed by atoms with Crippen LogP contribution >= 0.6 is 0 Å². The molecule has 2 heterocycles. The summed E-state index contributed by atoms with van der Waals surface area (Å²) >= 11 is 0. The number of aromatic nitrogens is 3. The summed E-state index contributed by atoms with van der Waals surface area (Å²) in [4.78, 5) is 31.0. The molecular formula is C17H16N6O3. The molecule has 1 aromatic carbocycles. The number of nitrogens with zero attached hydrogens (tertiary/aromatic N) is 3. The summed E-state index contributed by atoms with van der Waals surface area (Å²) in [6.45, 7) is 0.0310. The van der Waals surface area contributed by atoms with Gasteiger partial charge in [-0.25, -0.2) is 9.97 Å². The molecule has 0 aliphatic heterocycles. The highest BCUT2D eigenvalue weighted by molar-refractivity contribution is 5.95. The molecule has 0 fully saturated rings. The predicted molar refractivity (Wildman–Crippen MR) is 94.0 cm³/mol. The first kappa shape index (κ1) is 17.1. The topological polar surface area (TPSA) is 146 Å². The monoisotopic (exact) mass is 352 g/mol. The lowest BCUT2D eigenvalue weighted by atomic mass is 10.1. The molecule has 0 unspecified atom stereocenters. The van der Waals surface area contributed by atoms with Gasteiger partial charge in [0.25, 0.3) is 5.91 Å². The van der Waals surface area contributed by atoms with Crippen molar-refractivity contribution in [1.29, 1.82) is 5.41 Å². The van der Waals surface area contributed by atoms with E-state index in [2.05, 4.69) is 15.3 Å². The number of carboxylic acids is 1. The van der Waals surface area contributed by atoms with E-state index in [1.165, 1.54) is 12.4 Å². The Bertz CT molecular complexity index is 993. The van der Waals surface area contributed by atoms with E-state index in [4.69, 9.17) is 16.2 Å². The van der Waals surface area contributed by atoms with Crippen LogP contribution in [0.4, 0.5) is 0 Å². The van der Waals surface area contributed by atoms with Crippen LogP contribution in [0.2, 0.25) is 0 Å². The molecule has 0 radical (unpaired) electrons. The van der Waals surface area contributed by atoms with Crippen LogP contribution < -0.4 is 11.1 Å². The molecule has 0 saturated carbocycles. The second kappa shape index (κ2) is 7.01. The van der Waals surface area contributed by atoms with Crippen molar-refractivity contribution in [3.63, 3.8) is 0 Å². The molecule has 5 N–H and O–H groups in total. The molecule has 9 heteroatoms. The molecule has 0 bridgehead atoms. The summed E-state index contributed by atoms with van der Waals surface area (Å²) in [6, 6.07) is 8.63. The number of carbonyl (C=O) groups is 2. The molecule has 0 aliphatic rings. The number of amides is 1. The molecular weight excluding hydrogens is 336 g/mol. The Kier molecular flexibility index (Phi) is 4.61. The Labute approximate surface area is 148 Å². The van der Waals surface area contributed by atoms with Crippen molar-refractivity contribution in [3.8, 4) is 11.3 Å². The zero-order chi connectivity index (χ0) is 18.7. The Morgan fingerprint density at radius 1 is 1.27 bits per heavy atom. The minimum Gasteiger partial charge on any atom is -0.481 e. The van der Waals surface area contributed by atoms with Gasteiger partial charge < -0.3 is 16.2 Å². The Morgan fingerprint density at radius 3 is 2.65 bits per heavy atom. The first-order valence-electron chi connectivity index (χ1n) is 7.73. The van der Waals surface area contributed by atoms with Gasteiger partial charge in [-0.15, -0.1) is 0 Å². The number of hydrogen-bond donors (Lipinski definition) is 4. The van der Waals surface area contributed by atoms with E-state index < -0.39 is 11.9 Å². The van der Waals surface area contributed by atoms with Crippen LogP contribution in [-0.4, -0.2) is 43.7 Å². The number of benzene rings is 1. The maximum Gasteiger partial charge on any atom is 0.305 e. The number of carboxylic acid groups (broad SMARTS) is 1. The molecule has 0 aliphatic carbocycles. The quantitative estimate of drug-likeness (QED) is 0.382. The number of carbonyl (C=O) groups excluding carboxylic acids is 1. The molecule has 0 saturated heterocycles. The minimum atomic E-state index is -0.984. The number of aliphatic carboxylic acids is 1. The van der Waals surface area contributed by atoms with E-state index in [0.29, 0.717) is 16.9 Å². The van der Waals surface area contributed by atoms with Crippen molar-refractivity contribution in [3.05, 3.63) is 54.1 Å². The third-order valence-electron chi connectivity index (χ3n) is 3.70. The van der Waals surface area contributed by atoms with Gasteiger partial charge in [-0.2, -0.15) is 0 Å². The molecule has 2 aromatic heterocycles. The van der Waals surface area contributed by atoms with Crippen molar-refractivity contribution in [2.24, 2.45) is 5.73 Å². The average Bonchev–Trinajstić information content (AvgIpc) is 3.04. The van der Waals surface area contributed by atoms with Crippen LogP contribution in [0, 0.1) is 5.41 Å². The number of nitrogens with one attached hydrogen (secondary N) is 2. The minimum absolute atomic E-state index is 0.00527. The van der Waals surface area contributed by atoms with Crippen LogP contribution in [0.1, 0.15) is 22.5 Å². The van der Waals surface area contributed by atoms with E-state index in [0.717, 1.165) is 5.56 Å². The lowest BCUT2D eigenvalue weighted by molar-refractivity contribution is -0.136. The van der Waals surface area contributed by atoms with Gasteiger partial charge in [-0.3, -0.25) is 19.4 Å². The highest BCUT2D eigenvalue weighted by Crippen LogP contribution is 2.19. The maximum atomic E-state index is 12.0. The van der Waals surface area contributed by atoms with Crippen LogP contribution in [0.5, 0.6) is 0 Å². The molecule has 26 heavy (non-hydrogen) atoms. The molecule has 9 nitrogen and oxygen atoms in total. The van der Waals surface area contributed by atoms with Gasteiger partial charge in [-0.1, -0.05) is 24.3 Å². The van der Waals surface area contributed by atoms with Crippen molar-refractivity contribution in [2.45, 2.75) is 6.42 Å². The Morgan fingerprint density at radius 2 is 2.00 bits per heavy atom. The zero-order valence-corrected chi connectivity index (χ0v) is 13.6. The van der Waals surface area contributed by atoms with Gasteiger partial charge in [0.05, 0.1) is 12.1 Å². The van der Waals surface area contributed by atoms with Crippen molar-refractivity contribution < 1.29 is 14.7 Å². The average molecular weight is 352 g/mol. The van der Waals surface area contributed by atoms with E-state index in [1.807, 2.05) is 12.1 Å². The first-order valence-corrected chi connectivity index (χ1v) is 7.73. The number of fused-ring (bicyclic) bond motifs is 1. The standard InChI is InChI=1S/C17H16N6O3/c18-16(19)11-3-1-10(2-4-11)13-8-23-9-21-12(7-14(23)22-13)17(26)20-6-5-15(24)25/h1-4,7-9H,5-6H2,(H3,18,19)(H,20,26)(H,24,25). The van der Waals surface area contributed by atoms with E-state index in [9.17, 15) is 9.59 Å². The summed E-state index contributed by atoms with van der Waals surface area (Å²) < 4.78 is 1.68. The van der Waals surface area contributed by atoms with Crippen LogP contribution in [0.25, 0.3) is 16.9 Å². The van der Waals surface area contributed by atoms with Gasteiger partial charge in [0, 0.05) is 29.9 Å². The maximum absolute atomic E-state index is 12.0. The summed E-state index contributed by atoms with van der Waals surface area (Å²) in [7, 11) is 0. The third kappa shape index (κ3) is 3.66. The Hall–Kier alpha value is -3.75. The van der Waals surface area contributed by atoms with Crippen LogP contribution in [-0.2, 0) is 4.79 Å². The van der Waals surface area contributed by atoms with Gasteiger partial charge in [0.15, 0.2) is 0 Å². The van der Waals surface area contributed by atoms with E-state index in [1.54, 1.807) is 22.7 Å². The SMILES string of the molecule is N=C(N)c1ccc(-c2cn3cnc(C(=O)NCCC(=O)O)cc3n2)cc1. The highest BCUT2D eigenvalue weighted by Gasteiger charge is 2.11.